The van der Waals surface area contributed by atoms with Crippen molar-refractivity contribution < 1.29 is 18.5 Å². The molecule has 5 heteroatoms. The highest BCUT2D eigenvalue weighted by molar-refractivity contribution is 6.06. The summed E-state index contributed by atoms with van der Waals surface area (Å²) in [4.78, 5) is 37.9. The number of nitrogens with zero attached hydrogens (tertiary/aromatic N) is 1. The van der Waals surface area contributed by atoms with E-state index in [1.165, 1.54) is 0 Å². The summed E-state index contributed by atoms with van der Waals surface area (Å²) in [5, 5.41) is 0. The van der Waals surface area contributed by atoms with Crippen molar-refractivity contribution in [2.75, 3.05) is 5.73 Å². The molecule has 1 heterocycles. The molecule has 1 aromatic carbocycles. The molecule has 1 aliphatic heterocycles. The Morgan fingerprint density at radius 2 is 2.15 bits per heavy atom. The Labute approximate surface area is 121 Å². The van der Waals surface area contributed by atoms with E-state index in [0.29, 0.717) is 16.8 Å². The Morgan fingerprint density at radius 1 is 1.35 bits per heavy atom. The van der Waals surface area contributed by atoms with Gasteiger partial charge < -0.3 is 10.6 Å². The molecule has 0 spiro atoms. The third-order valence-electron chi connectivity index (χ3n) is 3.66. The Kier molecular flexibility index (Phi) is 2.30. The molecule has 2 N–H and O–H groups in total. The Morgan fingerprint density at radius 3 is 2.90 bits per heavy atom. The normalized spacial score (nSPS) is 31.3. The number of benzene rings is 1. The first-order valence-electron chi connectivity index (χ1n) is 7.93. The fourth-order valence-electron chi connectivity index (χ4n) is 2.63. The van der Waals surface area contributed by atoms with Gasteiger partial charge in [-0.25, -0.2) is 0 Å². The van der Waals surface area contributed by atoms with Crippen LogP contribution in [0.4, 0.5) is 5.69 Å². The lowest BCUT2D eigenvalue weighted by molar-refractivity contribution is -0.128. The number of amides is 1. The highest BCUT2D eigenvalue weighted by Crippen LogP contribution is 2.31. The summed E-state index contributed by atoms with van der Waals surface area (Å²) >= 11 is 0. The lowest BCUT2D eigenvalue weighted by Gasteiger charge is -2.25. The van der Waals surface area contributed by atoms with Crippen molar-refractivity contribution in [1.82, 2.24) is 4.90 Å². The summed E-state index contributed by atoms with van der Waals surface area (Å²) in [6.45, 7) is 0.0211. The van der Waals surface area contributed by atoms with Gasteiger partial charge in [-0.05, 0) is 25.0 Å². The molecule has 1 saturated carbocycles. The molecule has 0 radical (unpaired) electrons. The number of fused-ring (bicyclic) bond motifs is 1. The van der Waals surface area contributed by atoms with E-state index in [4.69, 9.17) is 9.85 Å². The minimum absolute atomic E-state index is 0.0211. The van der Waals surface area contributed by atoms with Gasteiger partial charge in [-0.15, -0.1) is 0 Å². The smallest absolute Gasteiger partial charge is 0.255 e. The van der Waals surface area contributed by atoms with E-state index >= 15 is 0 Å². The molecule has 0 bridgehead atoms. The summed E-state index contributed by atoms with van der Waals surface area (Å²) in [7, 11) is 0. The molecule has 1 aromatic rings. The quantitative estimate of drug-likeness (QED) is 0.476. The summed E-state index contributed by atoms with van der Waals surface area (Å²) in [5.74, 6) is -2.06. The van der Waals surface area contributed by atoms with Gasteiger partial charge in [0.1, 0.15) is 5.78 Å². The van der Waals surface area contributed by atoms with Gasteiger partial charge in [-0.2, -0.15) is 0 Å². The van der Waals surface area contributed by atoms with Crippen molar-refractivity contribution in [2.45, 2.75) is 38.2 Å². The van der Waals surface area contributed by atoms with Crippen molar-refractivity contribution in [2.24, 2.45) is 0 Å². The van der Waals surface area contributed by atoms with E-state index < -0.39 is 36.3 Å². The maximum Gasteiger partial charge on any atom is 0.255 e. The Hall–Kier alpha value is -2.17. The van der Waals surface area contributed by atoms with E-state index in [2.05, 4.69) is 0 Å². The summed E-state index contributed by atoms with van der Waals surface area (Å²) in [6, 6.07) is 2.91. The van der Waals surface area contributed by atoms with Crippen LogP contribution in [0, 0.1) is 0 Å². The second-order valence-electron chi connectivity index (χ2n) is 4.91. The topological polar surface area (TPSA) is 80.5 Å². The third kappa shape index (κ3) is 1.99. The predicted molar refractivity (Wildman–Crippen MR) is 73.0 cm³/mol. The van der Waals surface area contributed by atoms with E-state index in [1.807, 2.05) is 0 Å². The zero-order chi connectivity index (χ0) is 17.0. The highest BCUT2D eigenvalue weighted by atomic mass is 16.2. The number of anilines is 1. The van der Waals surface area contributed by atoms with Crippen molar-refractivity contribution in [3.05, 3.63) is 29.3 Å². The number of carbonyl (C=O) groups is 3. The Balaban J connectivity index is 1.99. The average molecular weight is 275 g/mol. The zero-order valence-electron chi connectivity index (χ0n) is 13.8. The molecule has 1 aliphatic carbocycles. The summed E-state index contributed by atoms with van der Waals surface area (Å²) in [5.41, 5.74) is 7.19. The average Bonchev–Trinajstić information content (AvgIpc) is 2.80. The number of nitrogen functional groups attached to an aromatic ring is 1. The minimum Gasteiger partial charge on any atom is -0.398 e. The van der Waals surface area contributed by atoms with Crippen LogP contribution in [0.25, 0.3) is 0 Å². The SMILES string of the molecule is [2H]C1([2H])CC[C@]([2H])(N2Cc3c(N)cccc3C2=O)C(=O)CC1=O. The maximum absolute atomic E-state index is 12.6. The second kappa shape index (κ2) is 4.74. The van der Waals surface area contributed by atoms with Gasteiger partial charge in [0.15, 0.2) is 5.78 Å². The van der Waals surface area contributed by atoms with Gasteiger partial charge in [0.2, 0.25) is 0 Å². The van der Waals surface area contributed by atoms with Crippen LogP contribution in [0.1, 0.15) is 45.7 Å². The van der Waals surface area contributed by atoms with Crippen LogP contribution in [0.3, 0.4) is 0 Å². The molecule has 0 saturated heterocycles. The van der Waals surface area contributed by atoms with Crippen molar-refractivity contribution in [1.29, 1.82) is 0 Å². The van der Waals surface area contributed by atoms with Crippen LogP contribution >= 0.6 is 0 Å². The van der Waals surface area contributed by atoms with Gasteiger partial charge >= 0.3 is 0 Å². The summed E-state index contributed by atoms with van der Waals surface area (Å²) in [6.07, 6.45) is -3.31. The summed E-state index contributed by atoms with van der Waals surface area (Å²) < 4.78 is 23.9. The number of rotatable bonds is 1. The number of nitrogens with two attached hydrogens (primary N) is 1. The monoisotopic (exact) mass is 275 g/mol. The fourth-order valence-corrected chi connectivity index (χ4v) is 2.63. The van der Waals surface area contributed by atoms with Crippen molar-refractivity contribution in [3.63, 3.8) is 0 Å². The third-order valence-corrected chi connectivity index (χ3v) is 3.66. The predicted octanol–water partition coefficient (Wildman–Crippen LogP) is 1.31. The van der Waals surface area contributed by atoms with Gasteiger partial charge in [0, 0.05) is 32.5 Å². The molecule has 2 aliphatic rings. The molecule has 1 atom stereocenters. The zero-order valence-corrected chi connectivity index (χ0v) is 10.8. The van der Waals surface area contributed by atoms with E-state index in [0.717, 1.165) is 4.90 Å². The minimum atomic E-state index is -2.15. The van der Waals surface area contributed by atoms with Crippen LogP contribution in [0.5, 0.6) is 0 Å². The standard InChI is InChI=1S/C15H16N2O3/c16-12-5-2-4-10-11(12)8-17(15(10)20)13-6-1-3-9(18)7-14(13)19/h2,4-5,13H,1,3,6-8,16H2/t13-/m0/s1/i3D2,13D. The largest absolute Gasteiger partial charge is 0.398 e. The number of ketones is 2. The molecule has 0 aromatic heterocycles. The molecule has 1 amide bonds. The van der Waals surface area contributed by atoms with Crippen LogP contribution in [-0.2, 0) is 16.1 Å². The number of hydrogen-bond donors (Lipinski definition) is 1. The maximum atomic E-state index is 12.6. The molecule has 5 nitrogen and oxygen atoms in total. The fraction of sp³-hybridized carbons (Fsp3) is 0.400. The molecule has 20 heavy (non-hydrogen) atoms. The Bertz CT molecular complexity index is 735. The number of Topliss-reactive ketones (excluding diaryl/α,β-unsaturated/α-hetero) is 2. The van der Waals surface area contributed by atoms with E-state index in [1.54, 1.807) is 18.2 Å². The lowest BCUT2D eigenvalue weighted by Crippen LogP contribution is -2.41. The van der Waals surface area contributed by atoms with Gasteiger partial charge in [0.25, 0.3) is 5.91 Å². The van der Waals surface area contributed by atoms with Gasteiger partial charge in [-0.1, -0.05) is 6.07 Å². The molecular weight excluding hydrogens is 256 g/mol. The molecule has 1 fully saturated rings. The van der Waals surface area contributed by atoms with E-state index in [-0.39, 0.29) is 19.4 Å². The van der Waals surface area contributed by atoms with Crippen LogP contribution in [0.2, 0.25) is 0 Å². The number of carbonyl (C=O) groups excluding carboxylic acids is 3. The molecule has 0 unspecified atom stereocenters. The molecule has 3 rings (SSSR count). The lowest BCUT2D eigenvalue weighted by atomic mass is 10.1. The first kappa shape index (κ1) is 9.69. The highest BCUT2D eigenvalue weighted by Gasteiger charge is 2.38. The number of hydrogen-bond acceptors (Lipinski definition) is 4. The van der Waals surface area contributed by atoms with Crippen molar-refractivity contribution >= 4 is 23.2 Å². The first-order valence-corrected chi connectivity index (χ1v) is 6.43. The van der Waals surface area contributed by atoms with Crippen LogP contribution in [-0.4, -0.2) is 28.4 Å². The first-order chi connectivity index (χ1) is 10.7. The van der Waals surface area contributed by atoms with Gasteiger partial charge in [0.05, 0.1) is 13.8 Å². The van der Waals surface area contributed by atoms with Crippen molar-refractivity contribution in [3.8, 4) is 0 Å². The van der Waals surface area contributed by atoms with Crippen LogP contribution < -0.4 is 5.73 Å². The molecule has 104 valence electrons. The molecular formula is C15H16N2O3. The van der Waals surface area contributed by atoms with Gasteiger partial charge in [-0.3, -0.25) is 14.4 Å². The van der Waals surface area contributed by atoms with Crippen LogP contribution in [0.15, 0.2) is 18.2 Å². The second-order valence-corrected chi connectivity index (χ2v) is 4.91. The van der Waals surface area contributed by atoms with E-state index in [9.17, 15) is 14.4 Å².